The van der Waals surface area contributed by atoms with Crippen LogP contribution in [-0.4, -0.2) is 0 Å². The molecule has 0 bridgehead atoms. The lowest BCUT2D eigenvalue weighted by Crippen LogP contribution is -2.12. The van der Waals surface area contributed by atoms with Gasteiger partial charge in [-0.15, -0.1) is 0 Å². The predicted octanol–water partition coefficient (Wildman–Crippen LogP) is 5.23. The van der Waals surface area contributed by atoms with E-state index in [0.717, 1.165) is 24.2 Å². The Labute approximate surface area is 118 Å². The van der Waals surface area contributed by atoms with E-state index in [0.29, 0.717) is 0 Å². The second-order valence-corrected chi connectivity index (χ2v) is 3.95. The van der Waals surface area contributed by atoms with Gasteiger partial charge >= 0.3 is 0 Å². The first-order valence-corrected chi connectivity index (χ1v) is 7.07. The molecule has 0 amide bonds. The second kappa shape index (κ2) is 11.3. The fraction of sp³-hybridized carbons (Fsp3) is 0.333. The van der Waals surface area contributed by atoms with E-state index in [-0.39, 0.29) is 0 Å². The number of allylic oxidation sites excluding steroid dienone is 4. The molecular weight excluding hydrogens is 230 g/mol. The summed E-state index contributed by atoms with van der Waals surface area (Å²) in [5.41, 5.74) is 3.40. The molecule has 1 heteroatoms. The van der Waals surface area contributed by atoms with Crippen LogP contribution >= 0.6 is 0 Å². The van der Waals surface area contributed by atoms with Crippen LogP contribution in [0.3, 0.4) is 0 Å². The van der Waals surface area contributed by atoms with Crippen LogP contribution in [0.25, 0.3) is 0 Å². The van der Waals surface area contributed by atoms with Crippen molar-refractivity contribution in [1.29, 1.82) is 0 Å². The lowest BCUT2D eigenvalue weighted by molar-refractivity contribution is 0.936. The van der Waals surface area contributed by atoms with Crippen molar-refractivity contribution in [3.63, 3.8) is 0 Å². The van der Waals surface area contributed by atoms with E-state index in [4.69, 9.17) is 0 Å². The van der Waals surface area contributed by atoms with Crippen molar-refractivity contribution < 1.29 is 0 Å². The average molecular weight is 257 g/mol. The number of benzene rings is 1. The topological polar surface area (TPSA) is 12.0 Å². The second-order valence-electron chi connectivity index (χ2n) is 3.95. The summed E-state index contributed by atoms with van der Waals surface area (Å²) in [6.07, 6.45) is 8.19. The van der Waals surface area contributed by atoms with Crippen molar-refractivity contribution in [3.05, 3.63) is 72.1 Å². The van der Waals surface area contributed by atoms with Gasteiger partial charge in [0.1, 0.15) is 0 Å². The summed E-state index contributed by atoms with van der Waals surface area (Å²) < 4.78 is 0. The molecule has 1 nitrogen and oxygen atoms in total. The fourth-order valence-corrected chi connectivity index (χ4v) is 1.55. The molecule has 0 radical (unpaired) electrons. The third-order valence-electron chi connectivity index (χ3n) is 2.43. The monoisotopic (exact) mass is 257 g/mol. The van der Waals surface area contributed by atoms with Crippen LogP contribution in [0.4, 0.5) is 0 Å². The van der Waals surface area contributed by atoms with E-state index < -0.39 is 0 Å². The van der Waals surface area contributed by atoms with Crippen LogP contribution in [0.15, 0.2) is 66.5 Å². The van der Waals surface area contributed by atoms with Gasteiger partial charge in [-0.25, -0.2) is 0 Å². The maximum Gasteiger partial charge on any atom is 0.0335 e. The van der Waals surface area contributed by atoms with Crippen LogP contribution in [0.1, 0.15) is 39.7 Å². The number of rotatable bonds is 6. The third-order valence-corrected chi connectivity index (χ3v) is 2.43. The maximum absolute atomic E-state index is 4.06. The highest BCUT2D eigenvalue weighted by Gasteiger charge is 1.97. The van der Waals surface area contributed by atoms with Crippen molar-refractivity contribution in [1.82, 2.24) is 5.32 Å². The van der Waals surface area contributed by atoms with Gasteiger partial charge < -0.3 is 5.32 Å². The molecule has 1 rings (SSSR count). The minimum atomic E-state index is 0.859. The highest BCUT2D eigenvalue weighted by Crippen LogP contribution is 2.06. The molecule has 0 heterocycles. The Kier molecular flexibility index (Phi) is 10.3. The highest BCUT2D eigenvalue weighted by atomic mass is 14.9. The molecule has 0 atom stereocenters. The van der Waals surface area contributed by atoms with E-state index in [1.807, 2.05) is 26.8 Å². The molecule has 0 aromatic heterocycles. The summed E-state index contributed by atoms with van der Waals surface area (Å²) in [5.74, 6) is 0. The van der Waals surface area contributed by atoms with Crippen molar-refractivity contribution in [3.8, 4) is 0 Å². The number of hydrogen-bond donors (Lipinski definition) is 1. The first-order chi connectivity index (χ1) is 9.26. The van der Waals surface area contributed by atoms with Gasteiger partial charge in [0, 0.05) is 17.8 Å². The SMILES string of the molecule is C=C(Cc1ccccc1)NC(/C=C\CC)=C/C.CC. The Balaban J connectivity index is 0.00000154. The predicted molar refractivity (Wildman–Crippen MR) is 87.0 cm³/mol. The van der Waals surface area contributed by atoms with Crippen LogP contribution < -0.4 is 5.32 Å². The molecule has 0 saturated heterocycles. The zero-order valence-electron chi connectivity index (χ0n) is 12.7. The average Bonchev–Trinajstić information content (AvgIpc) is 2.46. The van der Waals surface area contributed by atoms with Gasteiger partial charge in [0.25, 0.3) is 0 Å². The van der Waals surface area contributed by atoms with E-state index in [1.54, 1.807) is 0 Å². The Bertz CT molecular complexity index is 399. The minimum Gasteiger partial charge on any atom is -0.359 e. The minimum absolute atomic E-state index is 0.859. The number of nitrogens with one attached hydrogen (secondary N) is 1. The normalized spacial score (nSPS) is 10.8. The lowest BCUT2D eigenvalue weighted by atomic mass is 10.1. The molecule has 1 aromatic rings. The Morgan fingerprint density at radius 1 is 1.21 bits per heavy atom. The van der Waals surface area contributed by atoms with Crippen LogP contribution in [0, 0.1) is 0 Å². The lowest BCUT2D eigenvalue weighted by Gasteiger charge is -2.10. The Morgan fingerprint density at radius 3 is 2.37 bits per heavy atom. The molecule has 0 aliphatic heterocycles. The van der Waals surface area contributed by atoms with Crippen molar-refractivity contribution in [2.24, 2.45) is 0 Å². The highest BCUT2D eigenvalue weighted by molar-refractivity contribution is 5.25. The molecule has 0 fully saturated rings. The van der Waals surface area contributed by atoms with E-state index in [1.165, 1.54) is 5.56 Å². The maximum atomic E-state index is 4.06. The Morgan fingerprint density at radius 2 is 1.84 bits per heavy atom. The number of hydrogen-bond acceptors (Lipinski definition) is 1. The summed E-state index contributed by atoms with van der Waals surface area (Å²) in [5, 5.41) is 3.33. The molecule has 19 heavy (non-hydrogen) atoms. The Hall–Kier alpha value is -1.76. The van der Waals surface area contributed by atoms with Gasteiger partial charge in [0.2, 0.25) is 0 Å². The van der Waals surface area contributed by atoms with Gasteiger partial charge in [-0.3, -0.25) is 0 Å². The summed E-state index contributed by atoms with van der Waals surface area (Å²) in [6, 6.07) is 10.4. The quantitative estimate of drug-likeness (QED) is 0.688. The molecule has 0 aliphatic carbocycles. The largest absolute Gasteiger partial charge is 0.359 e. The van der Waals surface area contributed by atoms with Crippen LogP contribution in [0.5, 0.6) is 0 Å². The summed E-state index contributed by atoms with van der Waals surface area (Å²) in [6.45, 7) is 12.2. The molecular formula is C18H27N. The van der Waals surface area contributed by atoms with Crippen molar-refractivity contribution >= 4 is 0 Å². The fourth-order valence-electron chi connectivity index (χ4n) is 1.55. The molecule has 104 valence electrons. The van der Waals surface area contributed by atoms with E-state index in [9.17, 15) is 0 Å². The molecule has 0 saturated carbocycles. The van der Waals surface area contributed by atoms with E-state index in [2.05, 4.69) is 61.3 Å². The van der Waals surface area contributed by atoms with Gasteiger partial charge in [-0.05, 0) is 25.0 Å². The van der Waals surface area contributed by atoms with Gasteiger partial charge in [0.15, 0.2) is 0 Å². The third kappa shape index (κ3) is 8.04. The van der Waals surface area contributed by atoms with Gasteiger partial charge in [0.05, 0.1) is 0 Å². The molecule has 1 aromatic carbocycles. The molecule has 0 aliphatic rings. The van der Waals surface area contributed by atoms with Gasteiger partial charge in [-0.2, -0.15) is 0 Å². The standard InChI is InChI=1S/C16H21N.C2H6/c1-4-6-12-16(5-2)17-14(3)13-15-10-8-7-9-11-15;1-2/h5-12,17H,3-4,13H2,1-2H3;1-2H3/b12-6-,16-5+;. The summed E-state index contributed by atoms with van der Waals surface area (Å²) in [7, 11) is 0. The first kappa shape index (κ1) is 17.2. The van der Waals surface area contributed by atoms with Crippen LogP contribution in [0.2, 0.25) is 0 Å². The zero-order chi connectivity index (χ0) is 14.5. The molecule has 0 unspecified atom stereocenters. The first-order valence-electron chi connectivity index (χ1n) is 7.07. The van der Waals surface area contributed by atoms with Crippen molar-refractivity contribution in [2.75, 3.05) is 0 Å². The zero-order valence-corrected chi connectivity index (χ0v) is 12.7. The smallest absolute Gasteiger partial charge is 0.0335 e. The summed E-state index contributed by atoms with van der Waals surface area (Å²) >= 11 is 0. The van der Waals surface area contributed by atoms with Crippen LogP contribution in [-0.2, 0) is 6.42 Å². The molecule has 1 N–H and O–H groups in total. The molecule has 0 spiro atoms. The van der Waals surface area contributed by atoms with Crippen molar-refractivity contribution in [2.45, 2.75) is 40.5 Å². The van der Waals surface area contributed by atoms with Gasteiger partial charge in [-0.1, -0.05) is 69.8 Å². The summed E-state index contributed by atoms with van der Waals surface area (Å²) in [4.78, 5) is 0. The van der Waals surface area contributed by atoms with E-state index >= 15 is 0 Å².